The molecule has 3 amide bonds. The van der Waals surface area contributed by atoms with Crippen LogP contribution in [-0.2, 0) is 39.9 Å². The number of hydrogen-bond acceptors (Lipinski definition) is 12. The number of nitrogens with zero attached hydrogens (tertiary/aromatic N) is 1. The zero-order valence-electron chi connectivity index (χ0n) is 32.0. The molecule has 1 heterocycles. The molecule has 1 aromatic rings. The van der Waals surface area contributed by atoms with Crippen LogP contribution in [0.4, 0.5) is 4.79 Å². The highest BCUT2D eigenvalue weighted by molar-refractivity contribution is 8.13. The molecule has 292 valence electrons. The number of thiazole rings is 1. The zero-order valence-corrected chi connectivity index (χ0v) is 34.7. The topological polar surface area (TPSA) is 179 Å². The van der Waals surface area contributed by atoms with E-state index in [0.29, 0.717) is 23.6 Å². The molecule has 13 nitrogen and oxygen atoms in total. The minimum absolute atomic E-state index is 0.0362. The van der Waals surface area contributed by atoms with Crippen molar-refractivity contribution in [2.24, 2.45) is 0 Å². The smallest absolute Gasteiger partial charge is 0.408 e. The fraction of sp³-hybridized carbons (Fsp3) is 0.639. The summed E-state index contributed by atoms with van der Waals surface area (Å²) in [5.41, 5.74) is -0.740. The Bertz CT molecular complexity index is 1380. The Morgan fingerprint density at radius 1 is 1.02 bits per heavy atom. The maximum Gasteiger partial charge on any atom is 0.408 e. The van der Waals surface area contributed by atoms with Crippen molar-refractivity contribution >= 4 is 66.1 Å². The van der Waals surface area contributed by atoms with Crippen LogP contribution in [0.3, 0.4) is 0 Å². The van der Waals surface area contributed by atoms with Crippen molar-refractivity contribution in [3.63, 3.8) is 0 Å². The average molecular weight is 783 g/mol. The van der Waals surface area contributed by atoms with Gasteiger partial charge in [0, 0.05) is 25.6 Å². The second-order valence-electron chi connectivity index (χ2n) is 14.2. The Hall–Kier alpha value is -3.50. The van der Waals surface area contributed by atoms with Gasteiger partial charge in [-0.15, -0.1) is 11.3 Å². The Kier molecular flexibility index (Phi) is 22.1. The second kappa shape index (κ2) is 24.7. The van der Waals surface area contributed by atoms with Gasteiger partial charge < -0.3 is 30.2 Å². The van der Waals surface area contributed by atoms with Crippen molar-refractivity contribution in [1.82, 2.24) is 20.9 Å². The number of ether oxygens (including phenoxy) is 3. The molecular weight excluding hydrogens is 725 g/mol. The Morgan fingerprint density at radius 3 is 2.38 bits per heavy atom. The van der Waals surface area contributed by atoms with E-state index in [1.165, 1.54) is 29.6 Å². The van der Waals surface area contributed by atoms with E-state index in [1.807, 2.05) is 0 Å². The van der Waals surface area contributed by atoms with Crippen LogP contribution >= 0.6 is 23.1 Å². The lowest BCUT2D eigenvalue weighted by molar-refractivity contribution is -0.152. The number of alkyl carbamates (subject to hydrolysis) is 1. The highest BCUT2D eigenvalue weighted by atomic mass is 32.2. The minimum atomic E-state index is -1.42. The first kappa shape index (κ1) is 46.5. The maximum absolute atomic E-state index is 12.8. The molecule has 52 heavy (non-hydrogen) atoms. The van der Waals surface area contributed by atoms with Gasteiger partial charge >= 0.3 is 18.0 Å². The largest absolute Gasteiger partial charge is 0.466 e. The monoisotopic (exact) mass is 782 g/mol. The number of nitrogens with one attached hydrogen (secondary N) is 3. The highest BCUT2D eigenvalue weighted by Crippen LogP contribution is 2.15. The normalized spacial score (nSPS) is 12.6. The molecule has 16 heteroatoms. The number of rotatable bonds is 23. The molecule has 0 aliphatic heterocycles. The standard InChI is InChI=1S/C36H58N4O9S2Si/c1-9-11-12-13-14-18-32(43)50-20-16-15-17-26(22-30(41)47-19-21-52(6,7)8)48-31(42)24-37-33(44)27(10-2)40-34(45)28-25-51-29(39-28)23-38-35(46)49-36(3,4)5/h10,15,17,25-26H,9,11-14,16,18-24H2,1-8H3,(H,37,44)(H,38,46)(H,40,45)/t26-/m1/s1. The molecular formula is C36H58N4O9S2Si. The summed E-state index contributed by atoms with van der Waals surface area (Å²) < 4.78 is 16.1. The fourth-order valence-corrected chi connectivity index (χ4v) is 6.34. The number of amides is 3. The van der Waals surface area contributed by atoms with E-state index in [0.717, 1.165) is 43.1 Å². The molecule has 0 saturated carbocycles. The maximum atomic E-state index is 12.8. The van der Waals surface area contributed by atoms with Crippen LogP contribution in [0.5, 0.6) is 0 Å². The van der Waals surface area contributed by atoms with Crippen molar-refractivity contribution in [3.05, 3.63) is 40.0 Å². The van der Waals surface area contributed by atoms with Gasteiger partial charge in [-0.2, -0.15) is 0 Å². The third-order valence-electron chi connectivity index (χ3n) is 6.89. The summed E-state index contributed by atoms with van der Waals surface area (Å²) in [6, 6.07) is 0.799. The van der Waals surface area contributed by atoms with E-state index in [9.17, 15) is 28.8 Å². The van der Waals surface area contributed by atoms with E-state index in [4.69, 9.17) is 14.2 Å². The lowest BCUT2D eigenvalue weighted by Gasteiger charge is -2.19. The van der Waals surface area contributed by atoms with Crippen molar-refractivity contribution in [1.29, 1.82) is 0 Å². The number of esters is 2. The lowest BCUT2D eigenvalue weighted by atomic mass is 10.1. The summed E-state index contributed by atoms with van der Waals surface area (Å²) in [7, 11) is -1.42. The predicted octanol–water partition coefficient (Wildman–Crippen LogP) is 6.67. The average Bonchev–Trinajstić information content (AvgIpc) is 3.52. The molecule has 1 rings (SSSR count). The number of carbonyl (C=O) groups excluding carboxylic acids is 6. The van der Waals surface area contributed by atoms with Crippen LogP contribution in [-0.4, -0.2) is 78.6 Å². The molecule has 0 saturated heterocycles. The summed E-state index contributed by atoms with van der Waals surface area (Å²) in [5, 5.41) is 9.55. The molecule has 0 radical (unpaired) electrons. The molecule has 3 N–H and O–H groups in total. The third kappa shape index (κ3) is 23.1. The Morgan fingerprint density at radius 2 is 1.73 bits per heavy atom. The van der Waals surface area contributed by atoms with Crippen molar-refractivity contribution in [2.75, 3.05) is 18.9 Å². The number of carbonyl (C=O) groups is 6. The Labute approximate surface area is 317 Å². The SMILES string of the molecule is CC=C(NC(=O)c1csc(CNC(=O)OC(C)(C)C)n1)C(=O)NCC(=O)O[C@H](C=CCCSC(=O)CCCCCCC)CC(=O)OCC[Si](C)(C)C. The molecule has 1 aromatic heterocycles. The van der Waals surface area contributed by atoms with Crippen molar-refractivity contribution in [2.45, 2.75) is 130 Å². The van der Waals surface area contributed by atoms with Crippen molar-refractivity contribution in [3.8, 4) is 0 Å². The minimum Gasteiger partial charge on any atom is -0.466 e. The molecule has 0 spiro atoms. The van der Waals surface area contributed by atoms with E-state index in [1.54, 1.807) is 39.8 Å². The third-order valence-corrected chi connectivity index (χ3v) is 10.4. The van der Waals surface area contributed by atoms with Crippen LogP contribution in [0, 0.1) is 0 Å². The van der Waals surface area contributed by atoms with Crippen LogP contribution < -0.4 is 16.0 Å². The van der Waals surface area contributed by atoms with Gasteiger partial charge in [0.15, 0.2) is 5.12 Å². The first-order valence-corrected chi connectivity index (χ1v) is 23.3. The first-order chi connectivity index (χ1) is 24.4. The molecule has 1 atom stereocenters. The summed E-state index contributed by atoms with van der Waals surface area (Å²) in [4.78, 5) is 79.2. The summed E-state index contributed by atoms with van der Waals surface area (Å²) in [5.74, 6) is -2.14. The first-order valence-electron chi connectivity index (χ1n) is 17.8. The highest BCUT2D eigenvalue weighted by Gasteiger charge is 2.22. The van der Waals surface area contributed by atoms with Crippen LogP contribution in [0.2, 0.25) is 25.7 Å². The summed E-state index contributed by atoms with van der Waals surface area (Å²) in [6.45, 7) is 15.2. The predicted molar refractivity (Wildman–Crippen MR) is 208 cm³/mol. The van der Waals surface area contributed by atoms with Gasteiger partial charge in [0.25, 0.3) is 11.8 Å². The van der Waals surface area contributed by atoms with Crippen LogP contribution in [0.25, 0.3) is 0 Å². The number of thioether (sulfide) groups is 1. The van der Waals surface area contributed by atoms with Crippen LogP contribution in [0.1, 0.15) is 101 Å². The fourth-order valence-electron chi connectivity index (χ4n) is 4.14. The zero-order chi connectivity index (χ0) is 39.2. The number of unbranched alkanes of at least 4 members (excludes halogenated alkanes) is 4. The molecule has 0 bridgehead atoms. The van der Waals surface area contributed by atoms with Gasteiger partial charge in [0.2, 0.25) is 0 Å². The molecule has 0 aromatic carbocycles. The lowest BCUT2D eigenvalue weighted by Crippen LogP contribution is -2.38. The number of allylic oxidation sites excluding steroid dienone is 2. The summed E-state index contributed by atoms with van der Waals surface area (Å²) >= 11 is 2.41. The second-order valence-corrected chi connectivity index (χ2v) is 21.9. The van der Waals surface area contributed by atoms with Gasteiger partial charge in [0.1, 0.15) is 34.6 Å². The van der Waals surface area contributed by atoms with Gasteiger partial charge in [-0.05, 0) is 52.7 Å². The van der Waals surface area contributed by atoms with E-state index < -0.39 is 56.2 Å². The number of hydrogen-bond donors (Lipinski definition) is 3. The van der Waals surface area contributed by atoms with Crippen LogP contribution in [0.15, 0.2) is 29.3 Å². The molecule has 0 aliphatic rings. The van der Waals surface area contributed by atoms with E-state index in [2.05, 4.69) is 47.5 Å². The summed E-state index contributed by atoms with van der Waals surface area (Å²) in [6.07, 6.45) is 9.47. The van der Waals surface area contributed by atoms with Gasteiger partial charge in [-0.25, -0.2) is 9.78 Å². The van der Waals surface area contributed by atoms with E-state index in [-0.39, 0.29) is 36.1 Å². The van der Waals surface area contributed by atoms with Crippen molar-refractivity contribution < 1.29 is 43.0 Å². The molecule has 0 unspecified atom stereocenters. The van der Waals surface area contributed by atoms with Gasteiger partial charge in [0.05, 0.1) is 19.6 Å². The molecule has 0 aliphatic carbocycles. The van der Waals surface area contributed by atoms with Gasteiger partial charge in [-0.3, -0.25) is 24.0 Å². The quantitative estimate of drug-likeness (QED) is 0.0270. The number of aromatic nitrogens is 1. The molecule has 0 fully saturated rings. The van der Waals surface area contributed by atoms with E-state index >= 15 is 0 Å². The Balaban J connectivity index is 2.69. The van der Waals surface area contributed by atoms with Gasteiger partial charge in [-0.1, -0.05) is 76.2 Å².